The molecule has 6 heteroatoms. The zero-order valence-electron chi connectivity index (χ0n) is 14.9. The number of aromatic nitrogens is 3. The van der Waals surface area contributed by atoms with Gasteiger partial charge in [0, 0.05) is 12.5 Å². The molecule has 1 saturated carbocycles. The van der Waals surface area contributed by atoms with E-state index in [1.54, 1.807) is 0 Å². The molecule has 0 saturated heterocycles. The maximum Gasteiger partial charge on any atom is 0.230 e. The maximum absolute atomic E-state index is 12.5. The van der Waals surface area contributed by atoms with E-state index < -0.39 is 0 Å². The van der Waals surface area contributed by atoms with Gasteiger partial charge in [-0.05, 0) is 43.2 Å². The number of hydrogen-bond donors (Lipinski definition) is 1. The Bertz CT molecular complexity index is 812. The Labute approximate surface area is 158 Å². The minimum absolute atomic E-state index is 0.0535. The van der Waals surface area contributed by atoms with E-state index in [2.05, 4.69) is 50.9 Å². The van der Waals surface area contributed by atoms with E-state index in [1.165, 1.54) is 35.7 Å². The summed E-state index contributed by atoms with van der Waals surface area (Å²) >= 11 is 1.46. The highest BCUT2D eigenvalue weighted by Gasteiger charge is 2.30. The molecule has 0 bridgehead atoms. The number of hydrogen-bond acceptors (Lipinski definition) is 4. The number of carbonyl (C=O) groups is 1. The number of thioether (sulfide) groups is 1. The number of nitrogens with zero attached hydrogens (tertiary/aromatic N) is 3. The molecule has 0 spiro atoms. The largest absolute Gasteiger partial charge is 0.349 e. The first-order valence-electron chi connectivity index (χ1n) is 9.30. The number of benzene rings is 1. The Balaban J connectivity index is 1.38. The summed E-state index contributed by atoms with van der Waals surface area (Å²) in [5.74, 6) is 1.98. The average molecular weight is 369 g/mol. The molecular formula is C20H24N4OS. The third-order valence-electron chi connectivity index (χ3n) is 5.04. The fourth-order valence-electron chi connectivity index (χ4n) is 3.62. The number of nitrogens with one attached hydrogen (secondary N) is 1. The molecule has 0 aliphatic heterocycles. The van der Waals surface area contributed by atoms with Crippen LogP contribution in [-0.4, -0.2) is 26.4 Å². The second-order valence-corrected chi connectivity index (χ2v) is 7.96. The Morgan fingerprint density at radius 1 is 1.31 bits per heavy atom. The van der Waals surface area contributed by atoms with Gasteiger partial charge in [0.1, 0.15) is 5.82 Å². The van der Waals surface area contributed by atoms with Crippen molar-refractivity contribution < 1.29 is 4.79 Å². The lowest BCUT2D eigenvalue weighted by Gasteiger charge is -2.26. The topological polar surface area (TPSA) is 59.8 Å². The molecule has 1 N–H and O–H groups in total. The second kappa shape index (κ2) is 7.66. The van der Waals surface area contributed by atoms with Gasteiger partial charge in [-0.25, -0.2) is 0 Å². The summed E-state index contributed by atoms with van der Waals surface area (Å²) in [6.45, 7) is 4.52. The normalized spacial score (nSPS) is 19.0. The standard InChI is InChI=1S/C20H24N4OS/c1-2-12-24-19(15-10-11-15)22-23-20(24)26-13-18(25)21-17-9-5-7-14-6-3-4-8-16(14)17/h2-4,6,8,15,17H,1,5,7,9-13H2,(H,21,25)/t17-/m0/s1. The molecule has 1 amide bonds. The van der Waals surface area contributed by atoms with Crippen LogP contribution in [0.15, 0.2) is 42.1 Å². The molecule has 26 heavy (non-hydrogen) atoms. The third-order valence-corrected chi connectivity index (χ3v) is 6.00. The van der Waals surface area contributed by atoms with Gasteiger partial charge in [-0.1, -0.05) is 42.1 Å². The fraction of sp³-hybridized carbons (Fsp3) is 0.450. The van der Waals surface area contributed by atoms with E-state index in [0.29, 0.717) is 18.2 Å². The summed E-state index contributed by atoms with van der Waals surface area (Å²) in [4.78, 5) is 12.5. The summed E-state index contributed by atoms with van der Waals surface area (Å²) in [6.07, 6.45) is 7.45. The van der Waals surface area contributed by atoms with E-state index in [0.717, 1.165) is 30.2 Å². The number of fused-ring (bicyclic) bond motifs is 1. The Morgan fingerprint density at radius 3 is 2.96 bits per heavy atom. The van der Waals surface area contributed by atoms with Gasteiger partial charge in [-0.3, -0.25) is 4.79 Å². The van der Waals surface area contributed by atoms with Crippen LogP contribution in [0.25, 0.3) is 0 Å². The van der Waals surface area contributed by atoms with Crippen LogP contribution in [0, 0.1) is 0 Å². The molecule has 1 aromatic carbocycles. The molecule has 2 aliphatic carbocycles. The minimum Gasteiger partial charge on any atom is -0.349 e. The number of carbonyl (C=O) groups excluding carboxylic acids is 1. The van der Waals surface area contributed by atoms with Gasteiger partial charge >= 0.3 is 0 Å². The molecule has 136 valence electrons. The fourth-order valence-corrected chi connectivity index (χ4v) is 4.39. The van der Waals surface area contributed by atoms with Crippen LogP contribution in [0.5, 0.6) is 0 Å². The van der Waals surface area contributed by atoms with Crippen molar-refractivity contribution in [2.24, 2.45) is 0 Å². The van der Waals surface area contributed by atoms with Crippen LogP contribution >= 0.6 is 11.8 Å². The SMILES string of the molecule is C=CCn1c(SCC(=O)N[C@H]2CCCc3ccccc32)nnc1C1CC1. The van der Waals surface area contributed by atoms with Crippen molar-refractivity contribution in [1.29, 1.82) is 0 Å². The lowest BCUT2D eigenvalue weighted by Crippen LogP contribution is -2.32. The first-order chi connectivity index (χ1) is 12.8. The molecule has 1 aromatic heterocycles. The summed E-state index contributed by atoms with van der Waals surface area (Å²) < 4.78 is 2.10. The highest BCUT2D eigenvalue weighted by molar-refractivity contribution is 7.99. The number of amides is 1. The minimum atomic E-state index is 0.0535. The van der Waals surface area contributed by atoms with Crippen LogP contribution in [0.3, 0.4) is 0 Å². The first-order valence-corrected chi connectivity index (χ1v) is 10.3. The predicted molar refractivity (Wildman–Crippen MR) is 103 cm³/mol. The van der Waals surface area contributed by atoms with E-state index in [4.69, 9.17) is 0 Å². The van der Waals surface area contributed by atoms with Gasteiger partial charge in [0.05, 0.1) is 11.8 Å². The van der Waals surface area contributed by atoms with Gasteiger partial charge in [-0.2, -0.15) is 0 Å². The van der Waals surface area contributed by atoms with E-state index in [-0.39, 0.29) is 11.9 Å². The van der Waals surface area contributed by atoms with Crippen molar-refractivity contribution in [3.63, 3.8) is 0 Å². The third kappa shape index (κ3) is 3.70. The maximum atomic E-state index is 12.5. The highest BCUT2D eigenvalue weighted by Crippen LogP contribution is 2.40. The monoisotopic (exact) mass is 368 g/mol. The van der Waals surface area contributed by atoms with Crippen molar-refractivity contribution in [3.05, 3.63) is 53.9 Å². The molecular weight excluding hydrogens is 344 g/mol. The lowest BCUT2D eigenvalue weighted by molar-refractivity contribution is -0.119. The van der Waals surface area contributed by atoms with Crippen LogP contribution in [-0.2, 0) is 17.8 Å². The first kappa shape index (κ1) is 17.3. The number of rotatable bonds is 7. The molecule has 2 aromatic rings. The van der Waals surface area contributed by atoms with Crippen LogP contribution in [0.1, 0.15) is 54.6 Å². The van der Waals surface area contributed by atoms with E-state index in [1.807, 2.05) is 6.08 Å². The van der Waals surface area contributed by atoms with Gasteiger partial charge in [0.25, 0.3) is 0 Å². The summed E-state index contributed by atoms with van der Waals surface area (Å²) in [5, 5.41) is 12.6. The smallest absolute Gasteiger partial charge is 0.230 e. The van der Waals surface area contributed by atoms with Crippen LogP contribution < -0.4 is 5.32 Å². The van der Waals surface area contributed by atoms with Crippen LogP contribution in [0.2, 0.25) is 0 Å². The summed E-state index contributed by atoms with van der Waals surface area (Å²) in [5.41, 5.74) is 2.62. The highest BCUT2D eigenvalue weighted by atomic mass is 32.2. The molecule has 0 radical (unpaired) electrons. The van der Waals surface area contributed by atoms with Crippen molar-refractivity contribution in [2.45, 2.75) is 55.8 Å². The van der Waals surface area contributed by atoms with Crippen molar-refractivity contribution >= 4 is 17.7 Å². The quantitative estimate of drug-likeness (QED) is 0.599. The number of allylic oxidation sites excluding steroid dienone is 1. The molecule has 2 aliphatic rings. The average Bonchev–Trinajstić information content (AvgIpc) is 3.42. The molecule has 1 fully saturated rings. The second-order valence-electron chi connectivity index (χ2n) is 7.01. The van der Waals surface area contributed by atoms with Gasteiger partial charge in [0.15, 0.2) is 5.16 Å². The van der Waals surface area contributed by atoms with Gasteiger partial charge in [-0.15, -0.1) is 16.8 Å². The summed E-state index contributed by atoms with van der Waals surface area (Å²) in [6, 6.07) is 8.55. The molecule has 4 rings (SSSR count). The van der Waals surface area contributed by atoms with E-state index >= 15 is 0 Å². The van der Waals surface area contributed by atoms with Crippen molar-refractivity contribution in [3.8, 4) is 0 Å². The molecule has 0 unspecified atom stereocenters. The van der Waals surface area contributed by atoms with Crippen LogP contribution in [0.4, 0.5) is 0 Å². The molecule has 5 nitrogen and oxygen atoms in total. The van der Waals surface area contributed by atoms with Gasteiger partial charge in [0.2, 0.25) is 5.91 Å². The lowest BCUT2D eigenvalue weighted by atomic mass is 9.88. The molecule has 1 heterocycles. The molecule has 1 atom stereocenters. The number of aryl methyl sites for hydroxylation is 1. The predicted octanol–water partition coefficient (Wildman–Crippen LogP) is 3.63. The van der Waals surface area contributed by atoms with Gasteiger partial charge < -0.3 is 9.88 Å². The zero-order valence-corrected chi connectivity index (χ0v) is 15.7. The summed E-state index contributed by atoms with van der Waals surface area (Å²) in [7, 11) is 0. The zero-order chi connectivity index (χ0) is 17.9. The van der Waals surface area contributed by atoms with Crippen molar-refractivity contribution in [2.75, 3.05) is 5.75 Å². The Kier molecular flexibility index (Phi) is 5.11. The van der Waals surface area contributed by atoms with E-state index in [9.17, 15) is 4.79 Å². The Hall–Kier alpha value is -2.08. The Morgan fingerprint density at radius 2 is 2.15 bits per heavy atom. The van der Waals surface area contributed by atoms with Crippen molar-refractivity contribution in [1.82, 2.24) is 20.1 Å².